The summed E-state index contributed by atoms with van der Waals surface area (Å²) in [6.07, 6.45) is 4.68. The Labute approximate surface area is 115 Å². The first kappa shape index (κ1) is 13.9. The number of urea groups is 1. The molecule has 1 aromatic carbocycles. The molecule has 0 atom stereocenters. The van der Waals surface area contributed by atoms with Gasteiger partial charge in [-0.05, 0) is 36.8 Å². The van der Waals surface area contributed by atoms with Gasteiger partial charge in [-0.1, -0.05) is 44.9 Å². The smallest absolute Gasteiger partial charge is 0.319 e. The zero-order valence-electron chi connectivity index (χ0n) is 12.1. The van der Waals surface area contributed by atoms with Gasteiger partial charge in [0.25, 0.3) is 0 Å². The maximum absolute atomic E-state index is 12.1. The van der Waals surface area contributed by atoms with Gasteiger partial charge in [-0.2, -0.15) is 0 Å². The van der Waals surface area contributed by atoms with Gasteiger partial charge in [0.2, 0.25) is 0 Å². The summed E-state index contributed by atoms with van der Waals surface area (Å²) in [5.41, 5.74) is 3.28. The predicted molar refractivity (Wildman–Crippen MR) is 79.7 cm³/mol. The highest BCUT2D eigenvalue weighted by molar-refractivity contribution is 5.91. The Kier molecular flexibility index (Phi) is 4.46. The second-order valence-electron chi connectivity index (χ2n) is 5.77. The normalized spacial score (nSPS) is 15.8. The molecule has 0 aliphatic heterocycles. The van der Waals surface area contributed by atoms with Crippen molar-refractivity contribution in [1.29, 1.82) is 0 Å². The molecule has 0 spiro atoms. The minimum Gasteiger partial charge on any atom is -0.335 e. The van der Waals surface area contributed by atoms with Gasteiger partial charge < -0.3 is 10.6 Å². The number of carbonyl (C=O) groups is 1. The molecule has 0 saturated heterocycles. The van der Waals surface area contributed by atoms with Gasteiger partial charge in [0.05, 0.1) is 0 Å². The molecule has 1 fully saturated rings. The maximum atomic E-state index is 12.1. The van der Waals surface area contributed by atoms with Gasteiger partial charge in [-0.25, -0.2) is 4.79 Å². The summed E-state index contributed by atoms with van der Waals surface area (Å²) in [4.78, 5) is 12.1. The molecule has 104 valence electrons. The lowest BCUT2D eigenvalue weighted by atomic mass is 9.98. The molecule has 0 radical (unpaired) electrons. The van der Waals surface area contributed by atoms with Crippen LogP contribution in [0.25, 0.3) is 0 Å². The van der Waals surface area contributed by atoms with Crippen LogP contribution in [0, 0.1) is 6.92 Å². The minimum absolute atomic E-state index is 0.0666. The summed E-state index contributed by atoms with van der Waals surface area (Å²) >= 11 is 0. The number of benzene rings is 1. The summed E-state index contributed by atoms with van der Waals surface area (Å²) in [6.45, 7) is 6.33. The summed E-state index contributed by atoms with van der Waals surface area (Å²) in [5.74, 6) is 0.404. The lowest BCUT2D eigenvalue weighted by Crippen LogP contribution is -2.36. The average Bonchev–Trinajstić information content (AvgIpc) is 2.84. The van der Waals surface area contributed by atoms with Crippen LogP contribution >= 0.6 is 0 Å². The third kappa shape index (κ3) is 3.49. The van der Waals surface area contributed by atoms with Crippen molar-refractivity contribution in [3.05, 3.63) is 29.3 Å². The van der Waals surface area contributed by atoms with Crippen LogP contribution in [-0.4, -0.2) is 12.1 Å². The molecule has 19 heavy (non-hydrogen) atoms. The predicted octanol–water partition coefficient (Wildman–Crippen LogP) is 4.18. The van der Waals surface area contributed by atoms with Crippen LogP contribution in [0.2, 0.25) is 0 Å². The van der Waals surface area contributed by atoms with Crippen molar-refractivity contribution >= 4 is 11.7 Å². The van der Waals surface area contributed by atoms with E-state index in [1.807, 2.05) is 19.1 Å². The Morgan fingerprint density at radius 1 is 1.26 bits per heavy atom. The van der Waals surface area contributed by atoms with Crippen LogP contribution in [0.1, 0.15) is 56.6 Å². The summed E-state index contributed by atoms with van der Waals surface area (Å²) in [6, 6.07) is 6.46. The van der Waals surface area contributed by atoms with Crippen LogP contribution in [0.15, 0.2) is 18.2 Å². The molecule has 0 aromatic heterocycles. The van der Waals surface area contributed by atoms with Gasteiger partial charge >= 0.3 is 6.03 Å². The van der Waals surface area contributed by atoms with E-state index in [1.54, 1.807) is 0 Å². The van der Waals surface area contributed by atoms with E-state index in [1.165, 1.54) is 18.4 Å². The molecule has 3 heteroatoms. The second kappa shape index (κ2) is 6.09. The van der Waals surface area contributed by atoms with Crippen molar-refractivity contribution in [3.63, 3.8) is 0 Å². The van der Waals surface area contributed by atoms with Crippen molar-refractivity contribution in [1.82, 2.24) is 5.32 Å². The van der Waals surface area contributed by atoms with Gasteiger partial charge in [0.1, 0.15) is 0 Å². The molecule has 2 amide bonds. The first-order valence-corrected chi connectivity index (χ1v) is 7.25. The van der Waals surface area contributed by atoms with Crippen LogP contribution in [0.5, 0.6) is 0 Å². The van der Waals surface area contributed by atoms with Crippen LogP contribution in [0.4, 0.5) is 10.5 Å². The molecule has 1 aromatic rings. The number of aryl methyl sites for hydroxylation is 1. The Hall–Kier alpha value is -1.51. The van der Waals surface area contributed by atoms with E-state index in [2.05, 4.69) is 30.5 Å². The van der Waals surface area contributed by atoms with E-state index >= 15 is 0 Å². The first-order valence-electron chi connectivity index (χ1n) is 7.25. The molecule has 0 unspecified atom stereocenters. The number of rotatable bonds is 3. The number of hydrogen-bond donors (Lipinski definition) is 2. The van der Waals surface area contributed by atoms with E-state index < -0.39 is 0 Å². The monoisotopic (exact) mass is 260 g/mol. The maximum Gasteiger partial charge on any atom is 0.319 e. The van der Waals surface area contributed by atoms with Crippen molar-refractivity contribution in [2.24, 2.45) is 0 Å². The number of anilines is 1. The molecule has 2 rings (SSSR count). The molecular weight excluding hydrogens is 236 g/mol. The van der Waals surface area contributed by atoms with Crippen molar-refractivity contribution in [2.75, 3.05) is 5.32 Å². The second-order valence-corrected chi connectivity index (χ2v) is 5.77. The number of carbonyl (C=O) groups excluding carboxylic acids is 1. The fraction of sp³-hybridized carbons (Fsp3) is 0.562. The quantitative estimate of drug-likeness (QED) is 0.841. The Balaban J connectivity index is 2.07. The molecule has 3 nitrogen and oxygen atoms in total. The Morgan fingerprint density at radius 2 is 1.95 bits per heavy atom. The van der Waals surface area contributed by atoms with Crippen LogP contribution in [-0.2, 0) is 0 Å². The Morgan fingerprint density at radius 3 is 2.58 bits per heavy atom. The molecule has 0 heterocycles. The largest absolute Gasteiger partial charge is 0.335 e. The van der Waals surface area contributed by atoms with Crippen molar-refractivity contribution in [3.8, 4) is 0 Å². The Bertz CT molecular complexity index is 448. The summed E-state index contributed by atoms with van der Waals surface area (Å²) in [7, 11) is 0. The fourth-order valence-electron chi connectivity index (χ4n) is 2.75. The van der Waals surface area contributed by atoms with Crippen LogP contribution in [0.3, 0.4) is 0 Å². The highest BCUT2D eigenvalue weighted by Crippen LogP contribution is 2.27. The molecule has 1 aliphatic rings. The number of para-hydroxylation sites is 1. The van der Waals surface area contributed by atoms with Crippen molar-refractivity contribution < 1.29 is 4.79 Å². The van der Waals surface area contributed by atoms with Gasteiger partial charge in [-0.3, -0.25) is 0 Å². The van der Waals surface area contributed by atoms with Crippen molar-refractivity contribution in [2.45, 2.75) is 58.4 Å². The first-order chi connectivity index (χ1) is 9.08. The van der Waals surface area contributed by atoms with E-state index in [0.29, 0.717) is 12.0 Å². The van der Waals surface area contributed by atoms with Gasteiger partial charge in [0.15, 0.2) is 0 Å². The topological polar surface area (TPSA) is 41.1 Å². The zero-order valence-corrected chi connectivity index (χ0v) is 12.1. The van der Waals surface area contributed by atoms with Gasteiger partial charge in [0, 0.05) is 11.7 Å². The molecular formula is C16H24N2O. The van der Waals surface area contributed by atoms with E-state index in [9.17, 15) is 4.79 Å². The third-order valence-corrected chi connectivity index (χ3v) is 3.86. The summed E-state index contributed by atoms with van der Waals surface area (Å²) in [5, 5.41) is 6.11. The van der Waals surface area contributed by atoms with E-state index in [4.69, 9.17) is 0 Å². The number of nitrogens with one attached hydrogen (secondary N) is 2. The standard InChI is InChI=1S/C16H24N2O/c1-11(2)14-10-6-7-12(3)15(14)18-16(19)17-13-8-4-5-9-13/h6-7,10-11,13H,4-5,8-9H2,1-3H3,(H2,17,18,19). The van der Waals surface area contributed by atoms with E-state index in [0.717, 1.165) is 24.1 Å². The fourth-order valence-corrected chi connectivity index (χ4v) is 2.75. The molecule has 1 saturated carbocycles. The zero-order chi connectivity index (χ0) is 13.8. The number of amides is 2. The summed E-state index contributed by atoms with van der Waals surface area (Å²) < 4.78 is 0. The highest BCUT2D eigenvalue weighted by atomic mass is 16.2. The minimum atomic E-state index is -0.0666. The molecule has 1 aliphatic carbocycles. The van der Waals surface area contributed by atoms with E-state index in [-0.39, 0.29) is 6.03 Å². The molecule has 0 bridgehead atoms. The molecule has 2 N–H and O–H groups in total. The SMILES string of the molecule is Cc1cccc(C(C)C)c1NC(=O)NC1CCCC1. The highest BCUT2D eigenvalue weighted by Gasteiger charge is 2.18. The third-order valence-electron chi connectivity index (χ3n) is 3.86. The van der Waals surface area contributed by atoms with Crippen LogP contribution < -0.4 is 10.6 Å². The lowest BCUT2D eigenvalue weighted by Gasteiger charge is -2.18. The van der Waals surface area contributed by atoms with Gasteiger partial charge in [-0.15, -0.1) is 0 Å². The number of hydrogen-bond acceptors (Lipinski definition) is 1. The average molecular weight is 260 g/mol. The lowest BCUT2D eigenvalue weighted by molar-refractivity contribution is 0.248.